The van der Waals surface area contributed by atoms with Crippen LogP contribution in [-0.2, 0) is 19.3 Å². The van der Waals surface area contributed by atoms with Crippen LogP contribution in [0.5, 0.6) is 0 Å². The van der Waals surface area contributed by atoms with Crippen LogP contribution >= 0.6 is 0 Å². The van der Waals surface area contributed by atoms with Gasteiger partial charge >= 0.3 is 0 Å². The SMILES string of the molecule is C1=Cc2c(oc3c2=CC(n2c4c(c5ccccc52)-c2oc5c(ccc6c5c5ccccc5n6-c5cccc(N(c6ccccc6)c6ccccc6)c5)c2CC4)CC=3)CC1. The lowest BCUT2D eigenvalue weighted by atomic mass is 9.92. The van der Waals surface area contributed by atoms with Gasteiger partial charge in [0.2, 0.25) is 0 Å². The average molecular weight is 762 g/mol. The van der Waals surface area contributed by atoms with E-state index >= 15 is 0 Å². The molecule has 0 fully saturated rings. The fraction of sp³-hybridized carbons (Fsp3) is 0.111. The number of benzene rings is 6. The monoisotopic (exact) mass is 761 g/mol. The van der Waals surface area contributed by atoms with Crippen molar-refractivity contribution in [3.63, 3.8) is 0 Å². The summed E-state index contributed by atoms with van der Waals surface area (Å²) in [6.07, 6.45) is 14.1. The Morgan fingerprint density at radius 2 is 1.36 bits per heavy atom. The third-order valence-electron chi connectivity index (χ3n) is 13.0. The summed E-state index contributed by atoms with van der Waals surface area (Å²) in [7, 11) is 0. The van der Waals surface area contributed by atoms with Crippen molar-refractivity contribution in [3.05, 3.63) is 185 Å². The lowest BCUT2D eigenvalue weighted by Crippen LogP contribution is -2.28. The maximum absolute atomic E-state index is 7.32. The Hall–Kier alpha value is -7.24. The molecule has 0 saturated carbocycles. The largest absolute Gasteiger partial charge is 0.461 e. The second-order valence-electron chi connectivity index (χ2n) is 16.2. The van der Waals surface area contributed by atoms with Gasteiger partial charge in [-0.15, -0.1) is 0 Å². The Morgan fingerprint density at radius 3 is 2.19 bits per heavy atom. The summed E-state index contributed by atoms with van der Waals surface area (Å²) in [4.78, 5) is 2.33. The molecular formula is C54H39N3O2. The second kappa shape index (κ2) is 12.6. The number of rotatable bonds is 5. The lowest BCUT2D eigenvalue weighted by Gasteiger charge is -2.26. The van der Waals surface area contributed by atoms with Crippen molar-refractivity contribution in [1.82, 2.24) is 9.13 Å². The van der Waals surface area contributed by atoms with E-state index in [9.17, 15) is 0 Å². The third-order valence-corrected chi connectivity index (χ3v) is 13.0. The van der Waals surface area contributed by atoms with Crippen molar-refractivity contribution in [1.29, 1.82) is 0 Å². The van der Waals surface area contributed by atoms with Gasteiger partial charge in [-0.25, -0.2) is 0 Å². The van der Waals surface area contributed by atoms with Crippen LogP contribution in [0.1, 0.15) is 41.5 Å². The van der Waals surface area contributed by atoms with Gasteiger partial charge in [0.25, 0.3) is 0 Å². The fourth-order valence-electron chi connectivity index (χ4n) is 10.5. The fourth-order valence-corrected chi connectivity index (χ4v) is 10.5. The minimum atomic E-state index is 0.194. The molecule has 4 heterocycles. The molecule has 1 unspecified atom stereocenters. The molecule has 0 radical (unpaired) electrons. The Labute approximate surface area is 340 Å². The zero-order valence-electron chi connectivity index (χ0n) is 32.4. The summed E-state index contributed by atoms with van der Waals surface area (Å²) in [5, 5.41) is 6.07. The van der Waals surface area contributed by atoms with Gasteiger partial charge < -0.3 is 22.9 Å². The van der Waals surface area contributed by atoms with Gasteiger partial charge in [0.1, 0.15) is 22.5 Å². The molecule has 3 aliphatic carbocycles. The van der Waals surface area contributed by atoms with Gasteiger partial charge in [-0.3, -0.25) is 0 Å². The highest BCUT2D eigenvalue weighted by Gasteiger charge is 2.32. The predicted octanol–water partition coefficient (Wildman–Crippen LogP) is 12.5. The molecule has 13 rings (SSSR count). The second-order valence-corrected chi connectivity index (χ2v) is 16.2. The molecule has 282 valence electrons. The molecule has 0 aliphatic heterocycles. The Kier molecular flexibility index (Phi) is 7.02. The van der Waals surface area contributed by atoms with Gasteiger partial charge in [0, 0.05) is 78.4 Å². The number of hydrogen-bond acceptors (Lipinski definition) is 3. The van der Waals surface area contributed by atoms with E-state index in [4.69, 9.17) is 8.83 Å². The average Bonchev–Trinajstić information content (AvgIpc) is 4.04. The first-order valence-corrected chi connectivity index (χ1v) is 20.9. The number of aryl methyl sites for hydroxylation is 2. The van der Waals surface area contributed by atoms with Crippen molar-refractivity contribution in [3.8, 4) is 17.0 Å². The van der Waals surface area contributed by atoms with Gasteiger partial charge in [0.15, 0.2) is 0 Å². The molecule has 3 aliphatic rings. The summed E-state index contributed by atoms with van der Waals surface area (Å²) >= 11 is 0. The Bertz CT molecular complexity index is 3450. The first-order chi connectivity index (χ1) is 29.3. The molecule has 0 spiro atoms. The van der Waals surface area contributed by atoms with E-state index in [1.54, 1.807) is 0 Å². The number of fused-ring (bicyclic) bond motifs is 14. The van der Waals surface area contributed by atoms with Crippen LogP contribution in [0.3, 0.4) is 0 Å². The highest BCUT2D eigenvalue weighted by atomic mass is 16.3. The number of para-hydroxylation sites is 4. The number of furan rings is 2. The van der Waals surface area contributed by atoms with Crippen LogP contribution in [0.2, 0.25) is 0 Å². The van der Waals surface area contributed by atoms with E-state index in [1.807, 2.05) is 0 Å². The zero-order chi connectivity index (χ0) is 38.6. The van der Waals surface area contributed by atoms with Crippen LogP contribution < -0.4 is 15.5 Å². The van der Waals surface area contributed by atoms with Crippen molar-refractivity contribution >= 4 is 79.0 Å². The summed E-state index contributed by atoms with van der Waals surface area (Å²) in [5.74, 6) is 2.15. The van der Waals surface area contributed by atoms with Crippen molar-refractivity contribution < 1.29 is 8.83 Å². The number of aromatic nitrogens is 2. The van der Waals surface area contributed by atoms with E-state index in [1.165, 1.54) is 49.3 Å². The van der Waals surface area contributed by atoms with Crippen LogP contribution in [0, 0.1) is 0 Å². The normalized spacial score (nSPS) is 15.5. The summed E-state index contributed by atoms with van der Waals surface area (Å²) in [6, 6.07) is 52.7. The zero-order valence-corrected chi connectivity index (χ0v) is 32.4. The first kappa shape index (κ1) is 32.8. The van der Waals surface area contributed by atoms with Crippen LogP contribution in [-0.4, -0.2) is 9.13 Å². The van der Waals surface area contributed by atoms with E-state index in [0.29, 0.717) is 0 Å². The van der Waals surface area contributed by atoms with Gasteiger partial charge in [-0.2, -0.15) is 0 Å². The van der Waals surface area contributed by atoms with Gasteiger partial charge in [0.05, 0.1) is 22.5 Å². The highest BCUT2D eigenvalue weighted by molar-refractivity contribution is 6.21. The quantitative estimate of drug-likeness (QED) is 0.175. The minimum Gasteiger partial charge on any atom is -0.461 e. The molecule has 5 nitrogen and oxygen atoms in total. The van der Waals surface area contributed by atoms with E-state index in [2.05, 4.69) is 184 Å². The first-order valence-electron chi connectivity index (χ1n) is 20.9. The molecule has 10 aromatic rings. The molecule has 0 saturated heterocycles. The molecule has 6 aromatic carbocycles. The Morgan fingerprint density at radius 1 is 0.610 bits per heavy atom. The van der Waals surface area contributed by atoms with Crippen LogP contribution in [0.4, 0.5) is 17.1 Å². The van der Waals surface area contributed by atoms with E-state index in [-0.39, 0.29) is 6.04 Å². The van der Waals surface area contributed by atoms with Crippen LogP contribution in [0.25, 0.3) is 78.9 Å². The number of allylic oxidation sites excluding steroid dienone is 1. The van der Waals surface area contributed by atoms with Crippen molar-refractivity contribution in [2.24, 2.45) is 0 Å². The molecule has 1 atom stereocenters. The highest BCUT2D eigenvalue weighted by Crippen LogP contribution is 2.49. The number of nitrogens with zero attached hydrogens (tertiary/aromatic N) is 3. The van der Waals surface area contributed by atoms with Crippen molar-refractivity contribution in [2.45, 2.75) is 38.1 Å². The number of hydrogen-bond donors (Lipinski definition) is 0. The van der Waals surface area contributed by atoms with E-state index in [0.717, 1.165) is 93.8 Å². The molecule has 5 heteroatoms. The smallest absolute Gasteiger partial charge is 0.145 e. The third kappa shape index (κ3) is 4.79. The molecule has 0 amide bonds. The molecule has 4 aromatic heterocycles. The maximum Gasteiger partial charge on any atom is 0.145 e. The van der Waals surface area contributed by atoms with E-state index < -0.39 is 0 Å². The maximum atomic E-state index is 7.32. The molecule has 0 bridgehead atoms. The summed E-state index contributed by atoms with van der Waals surface area (Å²) in [6.45, 7) is 0. The van der Waals surface area contributed by atoms with Crippen molar-refractivity contribution in [2.75, 3.05) is 4.90 Å². The molecule has 59 heavy (non-hydrogen) atoms. The van der Waals surface area contributed by atoms with Crippen LogP contribution in [0.15, 0.2) is 161 Å². The lowest BCUT2D eigenvalue weighted by molar-refractivity contribution is 0.474. The number of anilines is 3. The van der Waals surface area contributed by atoms with Gasteiger partial charge in [-0.05, 0) is 105 Å². The summed E-state index contributed by atoms with van der Waals surface area (Å²) < 4.78 is 18.7. The Balaban J connectivity index is 0.997. The molecule has 0 N–H and O–H groups in total. The minimum absolute atomic E-state index is 0.194. The molecular weight excluding hydrogens is 723 g/mol. The van der Waals surface area contributed by atoms with Gasteiger partial charge in [-0.1, -0.05) is 91.0 Å². The predicted molar refractivity (Wildman–Crippen MR) is 241 cm³/mol. The summed E-state index contributed by atoms with van der Waals surface area (Å²) in [5.41, 5.74) is 15.2. The topological polar surface area (TPSA) is 39.4 Å². The standard InChI is InChI=1S/C54H39N3O2/c1-3-14-34(15-4-1)55(35-16-5-2-6-17-35)36-18-13-19-37(32-36)56-45-23-10-7-21-42(45)51-47(56)29-27-40-41-28-30-48-52(54(41)59-53(40)51)43-22-8-11-24-46(43)57(48)38-26-31-50-44(33-38)39-20-9-12-25-49(39)58-50/h1-11,13-24,27,29,31-33,38H,12,25-26,28,30H2.